The van der Waals surface area contributed by atoms with Crippen LogP contribution in [0.3, 0.4) is 0 Å². The van der Waals surface area contributed by atoms with E-state index in [0.29, 0.717) is 0 Å². The second-order valence-corrected chi connectivity index (χ2v) is 12.9. The van der Waals surface area contributed by atoms with Gasteiger partial charge in [0.15, 0.2) is 11.5 Å². The minimum absolute atomic E-state index is 0.155. The molecule has 9 rings (SSSR count). The van der Waals surface area contributed by atoms with Gasteiger partial charge in [0.1, 0.15) is 0 Å². The molecule has 0 N–H and O–H groups in total. The number of rotatable bonds is 4. The maximum absolute atomic E-state index is 6.41. The molecule has 0 aliphatic carbocycles. The summed E-state index contributed by atoms with van der Waals surface area (Å²) in [6.07, 6.45) is 0. The molecule has 6 aromatic carbocycles. The summed E-state index contributed by atoms with van der Waals surface area (Å²) < 4.78 is 6.41. The van der Waals surface area contributed by atoms with Crippen molar-refractivity contribution in [3.63, 3.8) is 0 Å². The van der Waals surface area contributed by atoms with E-state index in [2.05, 4.69) is 157 Å². The van der Waals surface area contributed by atoms with E-state index >= 15 is 0 Å². The van der Waals surface area contributed by atoms with Crippen LogP contribution >= 0.6 is 0 Å². The van der Waals surface area contributed by atoms with E-state index in [1.54, 1.807) is 0 Å². The van der Waals surface area contributed by atoms with Gasteiger partial charge in [-0.1, -0.05) is 111 Å². The van der Waals surface area contributed by atoms with Gasteiger partial charge >= 0.3 is 0 Å². The Labute approximate surface area is 281 Å². The van der Waals surface area contributed by atoms with Crippen LogP contribution in [0.25, 0.3) is 22.5 Å². The van der Waals surface area contributed by atoms with Crippen LogP contribution in [0.2, 0.25) is 0 Å². The van der Waals surface area contributed by atoms with Gasteiger partial charge in [-0.05, 0) is 77.9 Å². The Balaban J connectivity index is 1.32. The minimum Gasteiger partial charge on any atom is -0.453 e. The van der Waals surface area contributed by atoms with Crippen molar-refractivity contribution in [3.05, 3.63) is 175 Å². The van der Waals surface area contributed by atoms with Crippen molar-refractivity contribution in [3.8, 4) is 34.0 Å². The van der Waals surface area contributed by atoms with Gasteiger partial charge in [0.05, 0.1) is 34.1 Å². The third-order valence-corrected chi connectivity index (χ3v) is 9.60. The number of pyridine rings is 1. The van der Waals surface area contributed by atoms with Crippen LogP contribution in [0.1, 0.15) is 25.0 Å². The average molecular weight is 620 g/mol. The number of fused-ring (bicyclic) bond motifs is 4. The Morgan fingerprint density at radius 1 is 0.438 bits per heavy atom. The van der Waals surface area contributed by atoms with Gasteiger partial charge in [-0.2, -0.15) is 0 Å². The molecule has 3 heterocycles. The van der Waals surface area contributed by atoms with Crippen LogP contribution in [0.4, 0.5) is 34.1 Å². The van der Waals surface area contributed by atoms with E-state index < -0.39 is 0 Å². The van der Waals surface area contributed by atoms with Crippen molar-refractivity contribution in [1.29, 1.82) is 0 Å². The van der Waals surface area contributed by atoms with Crippen LogP contribution in [0.15, 0.2) is 164 Å². The molecule has 0 saturated heterocycles. The molecule has 48 heavy (non-hydrogen) atoms. The zero-order chi connectivity index (χ0) is 32.2. The molecule has 4 nitrogen and oxygen atoms in total. The molecule has 230 valence electrons. The minimum atomic E-state index is -0.155. The monoisotopic (exact) mass is 619 g/mol. The Morgan fingerprint density at radius 3 is 1.48 bits per heavy atom. The molecule has 0 amide bonds. The fourth-order valence-corrected chi connectivity index (χ4v) is 7.30. The maximum atomic E-state index is 6.41. The van der Waals surface area contributed by atoms with E-state index in [9.17, 15) is 0 Å². The zero-order valence-corrected chi connectivity index (χ0v) is 26.8. The molecule has 0 fully saturated rings. The molecule has 2 aliphatic rings. The Kier molecular flexibility index (Phi) is 6.44. The van der Waals surface area contributed by atoms with Gasteiger partial charge in [-0.25, -0.2) is 4.98 Å². The molecule has 0 saturated carbocycles. The fourth-order valence-electron chi connectivity index (χ4n) is 7.30. The smallest absolute Gasteiger partial charge is 0.151 e. The molecule has 4 heteroatoms. The summed E-state index contributed by atoms with van der Waals surface area (Å²) in [4.78, 5) is 9.96. The highest BCUT2D eigenvalue weighted by atomic mass is 16.5. The lowest BCUT2D eigenvalue weighted by Gasteiger charge is -2.42. The summed E-state index contributed by atoms with van der Waals surface area (Å²) in [7, 11) is 0. The van der Waals surface area contributed by atoms with Gasteiger partial charge in [-0.15, -0.1) is 0 Å². The Morgan fingerprint density at radius 2 is 0.896 bits per heavy atom. The van der Waals surface area contributed by atoms with E-state index in [1.165, 1.54) is 22.5 Å². The maximum Gasteiger partial charge on any atom is 0.151 e. The van der Waals surface area contributed by atoms with E-state index in [-0.39, 0.29) is 5.41 Å². The molecule has 0 radical (unpaired) electrons. The van der Waals surface area contributed by atoms with Crippen LogP contribution in [-0.4, -0.2) is 4.98 Å². The lowest BCUT2D eigenvalue weighted by atomic mass is 9.73. The molecule has 0 bridgehead atoms. The number of ether oxygens (including phenoxy) is 1. The third kappa shape index (κ3) is 4.49. The number of benzene rings is 6. The fraction of sp³-hybridized carbons (Fsp3) is 0.0682. The van der Waals surface area contributed by atoms with E-state index in [1.807, 2.05) is 30.3 Å². The van der Waals surface area contributed by atoms with Gasteiger partial charge in [0.25, 0.3) is 0 Å². The number of anilines is 6. The van der Waals surface area contributed by atoms with Crippen LogP contribution in [-0.2, 0) is 5.41 Å². The van der Waals surface area contributed by atoms with E-state index in [4.69, 9.17) is 9.72 Å². The second-order valence-electron chi connectivity index (χ2n) is 12.9. The van der Waals surface area contributed by atoms with Crippen LogP contribution in [0, 0.1) is 0 Å². The summed E-state index contributed by atoms with van der Waals surface area (Å²) in [6.45, 7) is 4.65. The third-order valence-electron chi connectivity index (χ3n) is 9.60. The lowest BCUT2D eigenvalue weighted by Crippen LogP contribution is -2.30. The van der Waals surface area contributed by atoms with Crippen molar-refractivity contribution < 1.29 is 4.74 Å². The topological polar surface area (TPSA) is 28.6 Å². The molecule has 0 spiro atoms. The highest BCUT2D eigenvalue weighted by Crippen LogP contribution is 2.55. The predicted molar refractivity (Wildman–Crippen MR) is 197 cm³/mol. The number of hydrogen-bond acceptors (Lipinski definition) is 4. The highest BCUT2D eigenvalue weighted by molar-refractivity contribution is 5.93. The zero-order valence-electron chi connectivity index (χ0n) is 26.8. The Bertz CT molecular complexity index is 2230. The van der Waals surface area contributed by atoms with Crippen molar-refractivity contribution >= 4 is 34.1 Å². The number of nitrogens with zero attached hydrogens (tertiary/aromatic N) is 3. The van der Waals surface area contributed by atoms with Gasteiger partial charge < -0.3 is 14.5 Å². The van der Waals surface area contributed by atoms with Crippen LogP contribution in [0.5, 0.6) is 11.5 Å². The van der Waals surface area contributed by atoms with Gasteiger partial charge in [0.2, 0.25) is 0 Å². The van der Waals surface area contributed by atoms with Crippen molar-refractivity contribution in [1.82, 2.24) is 4.98 Å². The molecule has 2 aliphatic heterocycles. The molecule has 0 unspecified atom stereocenters. The first kappa shape index (κ1) is 28.1. The quantitative estimate of drug-likeness (QED) is 0.196. The first-order chi connectivity index (χ1) is 23.6. The number of hydrogen-bond donors (Lipinski definition) is 0. The first-order valence-corrected chi connectivity index (χ1v) is 16.4. The highest BCUT2D eigenvalue weighted by Gasteiger charge is 2.37. The van der Waals surface area contributed by atoms with Gasteiger partial charge in [-0.3, -0.25) is 0 Å². The van der Waals surface area contributed by atoms with Crippen molar-refractivity contribution in [2.24, 2.45) is 0 Å². The van der Waals surface area contributed by atoms with Crippen LogP contribution < -0.4 is 14.5 Å². The van der Waals surface area contributed by atoms with Gasteiger partial charge in [0, 0.05) is 27.9 Å². The van der Waals surface area contributed by atoms with Crippen molar-refractivity contribution in [2.45, 2.75) is 19.3 Å². The lowest BCUT2D eigenvalue weighted by molar-refractivity contribution is 0.477. The second kappa shape index (κ2) is 11.0. The summed E-state index contributed by atoms with van der Waals surface area (Å²) in [5.74, 6) is 1.64. The number of para-hydroxylation sites is 6. The molecule has 7 aromatic rings. The predicted octanol–water partition coefficient (Wildman–Crippen LogP) is 12.1. The summed E-state index contributed by atoms with van der Waals surface area (Å²) in [5, 5.41) is 0. The molecule has 0 atom stereocenters. The SMILES string of the molecule is CC1(C)c2ccccc2N(c2cc(-c3cccc(-c4ccccc4)n3)cc(N3c4ccccc4Oc4ccccc43)c2)c2ccccc21. The van der Waals surface area contributed by atoms with Crippen molar-refractivity contribution in [2.75, 3.05) is 9.80 Å². The normalized spacial score (nSPS) is 13.9. The molecular weight excluding hydrogens is 587 g/mol. The summed E-state index contributed by atoms with van der Waals surface area (Å²) in [6, 6.07) is 57.6. The first-order valence-electron chi connectivity index (χ1n) is 16.4. The Hall–Kier alpha value is -6.13. The summed E-state index contributed by atoms with van der Waals surface area (Å²) >= 11 is 0. The standard InChI is InChI=1S/C44H33N3O/c1-44(2)34-17-6-8-21-38(34)46(39-22-9-7-18-35(39)44)32-27-31(37-20-14-19-36(45-37)30-15-4-3-5-16-30)28-33(29-32)47-40-23-10-12-25-42(40)48-43-26-13-11-24-41(43)47/h3-29H,1-2H3. The van der Waals surface area contributed by atoms with E-state index in [0.717, 1.165) is 56.8 Å². The molecule has 1 aromatic heterocycles. The number of aromatic nitrogens is 1. The largest absolute Gasteiger partial charge is 0.453 e. The molecular formula is C44H33N3O. The average Bonchev–Trinajstić information content (AvgIpc) is 3.14. The summed E-state index contributed by atoms with van der Waals surface area (Å²) in [5.41, 5.74) is 12.8.